The SMILES string of the molecule is COc1ccc(Br)c(CC(N)c2ccc(F)cc2I)c1. The molecule has 0 bridgehead atoms. The normalized spacial score (nSPS) is 12.2. The molecule has 2 aromatic rings. The Balaban J connectivity index is 2.25. The van der Waals surface area contributed by atoms with E-state index in [1.807, 2.05) is 18.2 Å². The van der Waals surface area contributed by atoms with Gasteiger partial charge in [-0.25, -0.2) is 4.39 Å². The van der Waals surface area contributed by atoms with E-state index in [1.165, 1.54) is 12.1 Å². The van der Waals surface area contributed by atoms with E-state index in [0.29, 0.717) is 6.42 Å². The highest BCUT2D eigenvalue weighted by Crippen LogP contribution is 2.28. The summed E-state index contributed by atoms with van der Waals surface area (Å²) in [6, 6.07) is 10.3. The van der Waals surface area contributed by atoms with Gasteiger partial charge >= 0.3 is 0 Å². The van der Waals surface area contributed by atoms with E-state index in [2.05, 4.69) is 38.5 Å². The van der Waals surface area contributed by atoms with Crippen molar-refractivity contribution in [2.75, 3.05) is 7.11 Å². The first kappa shape index (κ1) is 15.7. The van der Waals surface area contributed by atoms with Gasteiger partial charge in [0.25, 0.3) is 0 Å². The molecule has 2 aromatic carbocycles. The highest BCUT2D eigenvalue weighted by molar-refractivity contribution is 14.1. The van der Waals surface area contributed by atoms with Gasteiger partial charge in [0.1, 0.15) is 11.6 Å². The van der Waals surface area contributed by atoms with Crippen molar-refractivity contribution < 1.29 is 9.13 Å². The first-order valence-corrected chi connectivity index (χ1v) is 7.91. The van der Waals surface area contributed by atoms with Crippen LogP contribution in [-0.4, -0.2) is 7.11 Å². The molecule has 0 heterocycles. The standard InChI is InChI=1S/C15H14BrFINO/c1-20-11-3-5-13(16)9(6-11)7-15(19)12-4-2-10(17)8-14(12)18/h2-6,8,15H,7,19H2,1H3. The van der Waals surface area contributed by atoms with Gasteiger partial charge in [-0.2, -0.15) is 0 Å². The molecule has 0 saturated heterocycles. The lowest BCUT2D eigenvalue weighted by atomic mass is 9.99. The number of methoxy groups -OCH3 is 1. The number of hydrogen-bond acceptors (Lipinski definition) is 2. The third kappa shape index (κ3) is 3.71. The van der Waals surface area contributed by atoms with Gasteiger partial charge in [0, 0.05) is 14.1 Å². The molecule has 5 heteroatoms. The monoisotopic (exact) mass is 449 g/mol. The van der Waals surface area contributed by atoms with E-state index >= 15 is 0 Å². The largest absolute Gasteiger partial charge is 0.497 e. The molecular formula is C15H14BrFINO. The summed E-state index contributed by atoms with van der Waals surface area (Å²) in [6.07, 6.45) is 0.652. The fraction of sp³-hybridized carbons (Fsp3) is 0.200. The maximum absolute atomic E-state index is 13.1. The highest BCUT2D eigenvalue weighted by atomic mass is 127. The van der Waals surface area contributed by atoms with E-state index < -0.39 is 0 Å². The maximum atomic E-state index is 13.1. The average Bonchev–Trinajstić information content (AvgIpc) is 2.41. The topological polar surface area (TPSA) is 35.2 Å². The van der Waals surface area contributed by atoms with E-state index in [4.69, 9.17) is 10.5 Å². The van der Waals surface area contributed by atoms with Crippen molar-refractivity contribution in [2.24, 2.45) is 5.73 Å². The fourth-order valence-electron chi connectivity index (χ4n) is 1.98. The molecule has 1 unspecified atom stereocenters. The lowest BCUT2D eigenvalue weighted by Gasteiger charge is -2.16. The zero-order chi connectivity index (χ0) is 14.7. The molecular weight excluding hydrogens is 436 g/mol. The Morgan fingerprint density at radius 1 is 1.30 bits per heavy atom. The van der Waals surface area contributed by atoms with Crippen LogP contribution in [0.5, 0.6) is 5.75 Å². The molecule has 0 radical (unpaired) electrons. The third-order valence-electron chi connectivity index (χ3n) is 3.05. The molecule has 0 aliphatic carbocycles. The Morgan fingerprint density at radius 2 is 2.05 bits per heavy atom. The minimum Gasteiger partial charge on any atom is -0.497 e. The lowest BCUT2D eigenvalue weighted by Crippen LogP contribution is -2.15. The van der Waals surface area contributed by atoms with Crippen molar-refractivity contribution in [1.29, 1.82) is 0 Å². The van der Waals surface area contributed by atoms with Crippen molar-refractivity contribution in [2.45, 2.75) is 12.5 Å². The van der Waals surface area contributed by atoms with Crippen molar-refractivity contribution in [1.82, 2.24) is 0 Å². The molecule has 106 valence electrons. The summed E-state index contributed by atoms with van der Waals surface area (Å²) in [5, 5.41) is 0. The second-order valence-corrected chi connectivity index (χ2v) is 6.45. The smallest absolute Gasteiger partial charge is 0.124 e. The van der Waals surface area contributed by atoms with Gasteiger partial charge in [-0.3, -0.25) is 0 Å². The van der Waals surface area contributed by atoms with Crippen molar-refractivity contribution in [3.8, 4) is 5.75 Å². The number of rotatable bonds is 4. The average molecular weight is 450 g/mol. The molecule has 20 heavy (non-hydrogen) atoms. The molecule has 0 saturated carbocycles. The summed E-state index contributed by atoms with van der Waals surface area (Å²) in [5.41, 5.74) is 8.26. The summed E-state index contributed by atoms with van der Waals surface area (Å²) in [4.78, 5) is 0. The molecule has 0 aliphatic heterocycles. The van der Waals surface area contributed by atoms with Gasteiger partial charge in [0.2, 0.25) is 0 Å². The molecule has 2 N–H and O–H groups in total. The minimum absolute atomic E-state index is 0.189. The van der Waals surface area contributed by atoms with Gasteiger partial charge in [-0.15, -0.1) is 0 Å². The van der Waals surface area contributed by atoms with Crippen LogP contribution < -0.4 is 10.5 Å². The van der Waals surface area contributed by atoms with E-state index in [-0.39, 0.29) is 11.9 Å². The maximum Gasteiger partial charge on any atom is 0.124 e. The Morgan fingerprint density at radius 3 is 2.70 bits per heavy atom. The van der Waals surface area contributed by atoms with Gasteiger partial charge in [-0.05, 0) is 70.5 Å². The summed E-state index contributed by atoms with van der Waals surface area (Å²) >= 11 is 5.63. The molecule has 2 nitrogen and oxygen atoms in total. The Kier molecular flexibility index (Phi) is 5.40. The molecule has 0 aliphatic rings. The van der Waals surface area contributed by atoms with E-state index in [1.54, 1.807) is 13.2 Å². The van der Waals surface area contributed by atoms with E-state index in [0.717, 1.165) is 24.9 Å². The quantitative estimate of drug-likeness (QED) is 0.700. The number of hydrogen-bond donors (Lipinski definition) is 1. The van der Waals surface area contributed by atoms with Gasteiger partial charge in [0.15, 0.2) is 0 Å². The predicted octanol–water partition coefficient (Wildman–Crippen LogP) is 4.44. The second-order valence-electron chi connectivity index (χ2n) is 4.43. The van der Waals surface area contributed by atoms with Crippen LogP contribution in [0.2, 0.25) is 0 Å². The zero-order valence-electron chi connectivity index (χ0n) is 10.9. The predicted molar refractivity (Wildman–Crippen MR) is 90.4 cm³/mol. The van der Waals surface area contributed by atoms with Crippen molar-refractivity contribution >= 4 is 38.5 Å². The fourth-order valence-corrected chi connectivity index (χ4v) is 3.27. The number of halogens is 3. The zero-order valence-corrected chi connectivity index (χ0v) is 14.6. The van der Waals surface area contributed by atoms with Crippen LogP contribution in [0.1, 0.15) is 17.2 Å². The molecule has 2 rings (SSSR count). The van der Waals surface area contributed by atoms with Crippen LogP contribution >= 0.6 is 38.5 Å². The summed E-state index contributed by atoms with van der Waals surface area (Å²) in [5.74, 6) is 0.553. The van der Waals surface area contributed by atoms with Crippen LogP contribution in [0.3, 0.4) is 0 Å². The number of benzene rings is 2. The Bertz CT molecular complexity index is 621. The van der Waals surface area contributed by atoms with Crippen LogP contribution in [0, 0.1) is 9.39 Å². The molecule has 0 amide bonds. The van der Waals surface area contributed by atoms with Gasteiger partial charge in [-0.1, -0.05) is 22.0 Å². The van der Waals surface area contributed by atoms with Crippen molar-refractivity contribution in [3.05, 3.63) is 61.4 Å². The number of ether oxygens (including phenoxy) is 1. The lowest BCUT2D eigenvalue weighted by molar-refractivity contribution is 0.414. The summed E-state index contributed by atoms with van der Waals surface area (Å²) in [7, 11) is 1.63. The first-order chi connectivity index (χ1) is 9.51. The Hall–Kier alpha value is -0.660. The summed E-state index contributed by atoms with van der Waals surface area (Å²) in [6.45, 7) is 0. The molecule has 0 spiro atoms. The Labute approximate surface area is 139 Å². The summed E-state index contributed by atoms with van der Waals surface area (Å²) < 4.78 is 20.2. The first-order valence-electron chi connectivity index (χ1n) is 6.04. The molecule has 0 fully saturated rings. The second kappa shape index (κ2) is 6.87. The highest BCUT2D eigenvalue weighted by Gasteiger charge is 2.13. The third-order valence-corrected chi connectivity index (χ3v) is 4.76. The van der Waals surface area contributed by atoms with E-state index in [9.17, 15) is 4.39 Å². The van der Waals surface area contributed by atoms with Crippen LogP contribution in [0.15, 0.2) is 40.9 Å². The molecule has 1 atom stereocenters. The van der Waals surface area contributed by atoms with Crippen LogP contribution in [-0.2, 0) is 6.42 Å². The number of nitrogens with two attached hydrogens (primary N) is 1. The van der Waals surface area contributed by atoms with Crippen molar-refractivity contribution in [3.63, 3.8) is 0 Å². The molecule has 0 aromatic heterocycles. The van der Waals surface area contributed by atoms with Gasteiger partial charge in [0.05, 0.1) is 7.11 Å². The minimum atomic E-state index is -0.243. The van der Waals surface area contributed by atoms with Gasteiger partial charge < -0.3 is 10.5 Å². The van der Waals surface area contributed by atoms with Crippen LogP contribution in [0.4, 0.5) is 4.39 Å². The van der Waals surface area contributed by atoms with Crippen LogP contribution in [0.25, 0.3) is 0 Å².